The van der Waals surface area contributed by atoms with E-state index in [-0.39, 0.29) is 18.5 Å². The van der Waals surface area contributed by atoms with Gasteiger partial charge in [0.2, 0.25) is 5.91 Å². The van der Waals surface area contributed by atoms with Crippen molar-refractivity contribution in [3.8, 4) is 5.75 Å². The van der Waals surface area contributed by atoms with Gasteiger partial charge in [-0.25, -0.2) is 4.99 Å². The number of aliphatic imine (C=N–C) groups is 1. The second kappa shape index (κ2) is 13.1. The fraction of sp³-hybridized carbons (Fsp3) is 0.636. The molecule has 1 atom stereocenters. The number of ether oxygens (including phenoxy) is 2. The number of nitrogens with zero attached hydrogens (tertiary/aromatic N) is 3. The lowest BCUT2D eigenvalue weighted by Gasteiger charge is -2.35. The van der Waals surface area contributed by atoms with Crippen LogP contribution < -0.4 is 15.4 Å². The first-order chi connectivity index (χ1) is 14.5. The highest BCUT2D eigenvalue weighted by atomic mass is 16.5. The number of likely N-dealkylation sites (N-methyl/N-ethyl adjacent to an activating group) is 1. The zero-order valence-corrected chi connectivity index (χ0v) is 18.8. The zero-order chi connectivity index (χ0) is 21.8. The van der Waals surface area contributed by atoms with Crippen molar-refractivity contribution in [2.75, 3.05) is 67.6 Å². The maximum atomic E-state index is 12.0. The van der Waals surface area contributed by atoms with E-state index < -0.39 is 0 Å². The molecule has 1 aliphatic rings. The Morgan fingerprint density at radius 2 is 1.83 bits per heavy atom. The van der Waals surface area contributed by atoms with Crippen molar-refractivity contribution in [2.24, 2.45) is 4.99 Å². The number of hydrogen-bond acceptors (Lipinski definition) is 5. The number of carbonyl (C=O) groups excluding carboxylic acids is 1. The molecule has 8 nitrogen and oxygen atoms in total. The Morgan fingerprint density at radius 3 is 2.43 bits per heavy atom. The van der Waals surface area contributed by atoms with Gasteiger partial charge in [-0.15, -0.1) is 0 Å². The molecule has 1 fully saturated rings. The number of guanidine groups is 1. The van der Waals surface area contributed by atoms with E-state index in [0.29, 0.717) is 25.7 Å². The minimum atomic E-state index is -0.0365. The highest BCUT2D eigenvalue weighted by molar-refractivity contribution is 5.84. The van der Waals surface area contributed by atoms with E-state index in [1.807, 2.05) is 12.1 Å². The predicted molar refractivity (Wildman–Crippen MR) is 120 cm³/mol. The van der Waals surface area contributed by atoms with Crippen molar-refractivity contribution in [2.45, 2.75) is 25.3 Å². The van der Waals surface area contributed by atoms with Crippen molar-refractivity contribution in [1.82, 2.24) is 20.4 Å². The quantitative estimate of drug-likeness (QED) is 0.340. The van der Waals surface area contributed by atoms with Gasteiger partial charge in [-0.1, -0.05) is 18.6 Å². The van der Waals surface area contributed by atoms with E-state index in [9.17, 15) is 4.79 Å². The zero-order valence-electron chi connectivity index (χ0n) is 18.8. The summed E-state index contributed by atoms with van der Waals surface area (Å²) >= 11 is 0. The van der Waals surface area contributed by atoms with Crippen LogP contribution in [0.25, 0.3) is 0 Å². The van der Waals surface area contributed by atoms with Gasteiger partial charge in [0.1, 0.15) is 12.3 Å². The molecule has 168 valence electrons. The van der Waals surface area contributed by atoms with Crippen molar-refractivity contribution in [3.05, 3.63) is 29.8 Å². The Hall–Kier alpha value is -2.32. The van der Waals surface area contributed by atoms with Gasteiger partial charge in [0.05, 0.1) is 19.8 Å². The number of carbonyl (C=O) groups is 1. The molecule has 1 saturated heterocycles. The van der Waals surface area contributed by atoms with Crippen LogP contribution in [0.4, 0.5) is 0 Å². The minimum absolute atomic E-state index is 0.0365. The Bertz CT molecular complexity index is 657. The minimum Gasteiger partial charge on any atom is -0.497 e. The molecule has 1 aromatic rings. The van der Waals surface area contributed by atoms with E-state index in [0.717, 1.165) is 18.8 Å². The van der Waals surface area contributed by atoms with Gasteiger partial charge in [0.25, 0.3) is 0 Å². The number of rotatable bonds is 10. The highest BCUT2D eigenvalue weighted by Gasteiger charge is 2.22. The molecule has 1 aliphatic heterocycles. The first-order valence-corrected chi connectivity index (χ1v) is 10.6. The van der Waals surface area contributed by atoms with Crippen LogP contribution in [-0.4, -0.2) is 89.3 Å². The van der Waals surface area contributed by atoms with Crippen LogP contribution in [0.3, 0.4) is 0 Å². The smallest absolute Gasteiger partial charge is 0.243 e. The summed E-state index contributed by atoms with van der Waals surface area (Å²) in [5.41, 5.74) is 1.24. The molecule has 0 radical (unpaired) electrons. The van der Waals surface area contributed by atoms with E-state index in [1.54, 1.807) is 33.2 Å². The van der Waals surface area contributed by atoms with Gasteiger partial charge in [-0.3, -0.25) is 9.69 Å². The lowest BCUT2D eigenvalue weighted by Crippen LogP contribution is -2.45. The van der Waals surface area contributed by atoms with E-state index in [2.05, 4.69) is 32.7 Å². The summed E-state index contributed by atoms with van der Waals surface area (Å²) in [5, 5.41) is 6.68. The van der Waals surface area contributed by atoms with Crippen molar-refractivity contribution in [1.29, 1.82) is 0 Å². The third kappa shape index (κ3) is 7.84. The number of likely N-dealkylation sites (tertiary alicyclic amines) is 1. The number of amides is 1. The van der Waals surface area contributed by atoms with Gasteiger partial charge in [-0.05, 0) is 43.6 Å². The van der Waals surface area contributed by atoms with Crippen molar-refractivity contribution in [3.63, 3.8) is 0 Å². The number of benzene rings is 1. The largest absolute Gasteiger partial charge is 0.497 e. The van der Waals surface area contributed by atoms with Gasteiger partial charge in [0.15, 0.2) is 5.96 Å². The SMILES string of the molecule is COCCNC(=NCC(=O)N(C)C)NCC(c1ccc(OC)cc1)N1CCCCC1. The molecule has 0 saturated carbocycles. The van der Waals surface area contributed by atoms with Crippen molar-refractivity contribution >= 4 is 11.9 Å². The molecular weight excluding hydrogens is 382 g/mol. The Labute approximate surface area is 180 Å². The molecule has 0 spiro atoms. The molecule has 30 heavy (non-hydrogen) atoms. The summed E-state index contributed by atoms with van der Waals surface area (Å²) in [4.78, 5) is 20.5. The predicted octanol–water partition coefficient (Wildman–Crippen LogP) is 1.49. The Morgan fingerprint density at radius 1 is 1.13 bits per heavy atom. The average Bonchev–Trinajstić information content (AvgIpc) is 2.78. The second-order valence-electron chi connectivity index (χ2n) is 7.64. The van der Waals surface area contributed by atoms with Crippen LogP contribution in [-0.2, 0) is 9.53 Å². The highest BCUT2D eigenvalue weighted by Crippen LogP contribution is 2.25. The van der Waals surface area contributed by atoms with E-state index >= 15 is 0 Å². The first-order valence-electron chi connectivity index (χ1n) is 10.6. The molecular formula is C22H37N5O3. The van der Waals surface area contributed by atoms with Gasteiger partial charge in [-0.2, -0.15) is 0 Å². The molecule has 2 N–H and O–H groups in total. The van der Waals surface area contributed by atoms with Crippen LogP contribution in [0.2, 0.25) is 0 Å². The normalized spacial score (nSPS) is 16.1. The van der Waals surface area contributed by atoms with Crippen LogP contribution in [0.5, 0.6) is 5.75 Å². The number of hydrogen-bond donors (Lipinski definition) is 2. The Kier molecular flexibility index (Phi) is 10.4. The van der Waals surface area contributed by atoms with E-state index in [1.165, 1.54) is 24.8 Å². The summed E-state index contributed by atoms with van der Waals surface area (Å²) in [7, 11) is 6.82. The third-order valence-electron chi connectivity index (χ3n) is 5.26. The third-order valence-corrected chi connectivity index (χ3v) is 5.26. The molecule has 1 aromatic carbocycles. The Balaban J connectivity index is 2.11. The van der Waals surface area contributed by atoms with Gasteiger partial charge in [0, 0.05) is 34.3 Å². The maximum absolute atomic E-state index is 12.0. The number of methoxy groups -OCH3 is 2. The van der Waals surface area contributed by atoms with Crippen LogP contribution in [0.15, 0.2) is 29.3 Å². The second-order valence-corrected chi connectivity index (χ2v) is 7.64. The monoisotopic (exact) mass is 419 g/mol. The average molecular weight is 420 g/mol. The van der Waals surface area contributed by atoms with Gasteiger partial charge < -0.3 is 25.0 Å². The summed E-state index contributed by atoms with van der Waals surface area (Å²) in [5.74, 6) is 1.44. The number of piperidine rings is 1. The standard InChI is InChI=1S/C22H37N5O3/c1-26(2)21(28)17-25-22(23-12-15-29-3)24-16-20(27-13-6-5-7-14-27)18-8-10-19(30-4)11-9-18/h8-11,20H,5-7,12-17H2,1-4H3,(H2,23,24,25). The molecule has 2 rings (SSSR count). The van der Waals surface area contributed by atoms with E-state index in [4.69, 9.17) is 9.47 Å². The molecule has 1 amide bonds. The molecule has 1 heterocycles. The number of nitrogens with one attached hydrogen (secondary N) is 2. The van der Waals surface area contributed by atoms with Gasteiger partial charge >= 0.3 is 0 Å². The summed E-state index contributed by atoms with van der Waals surface area (Å²) < 4.78 is 10.4. The van der Waals surface area contributed by atoms with Crippen LogP contribution in [0, 0.1) is 0 Å². The summed E-state index contributed by atoms with van der Waals surface area (Å²) in [6.07, 6.45) is 3.73. The fourth-order valence-corrected chi connectivity index (χ4v) is 3.44. The summed E-state index contributed by atoms with van der Waals surface area (Å²) in [6.45, 7) is 4.15. The van der Waals surface area contributed by atoms with Crippen LogP contribution in [0.1, 0.15) is 30.9 Å². The maximum Gasteiger partial charge on any atom is 0.243 e. The molecule has 0 bridgehead atoms. The molecule has 1 unspecified atom stereocenters. The molecule has 0 aromatic heterocycles. The topological polar surface area (TPSA) is 78.4 Å². The fourth-order valence-electron chi connectivity index (χ4n) is 3.44. The van der Waals surface area contributed by atoms with Crippen molar-refractivity contribution < 1.29 is 14.3 Å². The lowest BCUT2D eigenvalue weighted by molar-refractivity contribution is -0.127. The summed E-state index contributed by atoms with van der Waals surface area (Å²) in [6, 6.07) is 8.49. The first kappa shape index (κ1) is 24.0. The molecule has 0 aliphatic carbocycles. The van der Waals surface area contributed by atoms with Crippen LogP contribution >= 0.6 is 0 Å². The lowest BCUT2D eigenvalue weighted by atomic mass is 10.0. The molecule has 8 heteroatoms.